The minimum absolute atomic E-state index is 0.0691. The number of aromatic hydroxyl groups is 2. The molecule has 5 atom stereocenters. The first-order valence-electron chi connectivity index (χ1n) is 9.66. The molecule has 1 aliphatic carbocycles. The van der Waals surface area contributed by atoms with Crippen LogP contribution in [0.1, 0.15) is 50.2 Å². The average molecular weight is 396 g/mol. The number of hydrogen-bond donors (Lipinski definition) is 7. The van der Waals surface area contributed by atoms with Gasteiger partial charge in [0.25, 0.3) is 0 Å². The van der Waals surface area contributed by atoms with E-state index >= 15 is 0 Å². The van der Waals surface area contributed by atoms with E-state index in [2.05, 4.69) is 0 Å². The molecular formula is C21H32O7. The van der Waals surface area contributed by atoms with E-state index in [0.717, 1.165) is 0 Å². The van der Waals surface area contributed by atoms with Crippen LogP contribution in [0.25, 0.3) is 0 Å². The minimum Gasteiger partial charge on any atom is -0.507 e. The highest BCUT2D eigenvalue weighted by Crippen LogP contribution is 2.48. The monoisotopic (exact) mass is 396 g/mol. The van der Waals surface area contributed by atoms with Crippen molar-refractivity contribution < 1.29 is 35.7 Å². The largest absolute Gasteiger partial charge is 0.507 e. The molecule has 0 aromatic heterocycles. The van der Waals surface area contributed by atoms with Gasteiger partial charge in [-0.15, -0.1) is 0 Å². The molecule has 0 saturated carbocycles. The molecule has 4 unspecified atom stereocenters. The fraction of sp³-hybridized carbons (Fsp3) is 0.619. The van der Waals surface area contributed by atoms with Crippen LogP contribution < -0.4 is 0 Å². The lowest BCUT2D eigenvalue weighted by Crippen LogP contribution is -2.45. The van der Waals surface area contributed by atoms with E-state index in [1.165, 1.54) is 6.92 Å². The number of phenolic OH excluding ortho intramolecular Hbond substituents is 2. The lowest BCUT2D eigenvalue weighted by atomic mass is 9.68. The number of aryl methyl sites for hydroxylation is 1. The summed E-state index contributed by atoms with van der Waals surface area (Å²) in [5.74, 6) is -1.68. The van der Waals surface area contributed by atoms with Crippen molar-refractivity contribution in [3.63, 3.8) is 0 Å². The van der Waals surface area contributed by atoms with Gasteiger partial charge in [-0.3, -0.25) is 0 Å². The molecule has 0 bridgehead atoms. The molecule has 0 amide bonds. The first kappa shape index (κ1) is 22.6. The van der Waals surface area contributed by atoms with E-state index in [1.54, 1.807) is 25.1 Å². The molecule has 158 valence electrons. The highest BCUT2D eigenvalue weighted by atomic mass is 16.3. The molecule has 0 heterocycles. The van der Waals surface area contributed by atoms with Crippen LogP contribution in [-0.4, -0.2) is 66.8 Å². The standard InChI is InChI=1S/C21H32O7/c1-12(24)4-3-5-13-6-18(26)20(19(27)7-13)15-8-14(10-22)17(25)9-16(15)21(2,28)11-23/h6-8,12,15-17,22-28H,3-5,9-11H2,1-2H3/t12?,15?,16-,17?,21?/m1/s1. The number of benzene rings is 1. The Morgan fingerprint density at radius 2 is 1.79 bits per heavy atom. The summed E-state index contributed by atoms with van der Waals surface area (Å²) in [6, 6.07) is 3.08. The van der Waals surface area contributed by atoms with Crippen molar-refractivity contribution in [3.8, 4) is 11.5 Å². The molecule has 0 aliphatic heterocycles. The molecule has 0 saturated heterocycles. The number of allylic oxidation sites excluding steroid dienone is 1. The van der Waals surface area contributed by atoms with Gasteiger partial charge in [0.15, 0.2) is 0 Å². The number of aliphatic hydroxyl groups is 5. The molecule has 1 aliphatic rings. The fourth-order valence-corrected chi connectivity index (χ4v) is 3.96. The van der Waals surface area contributed by atoms with Gasteiger partial charge in [-0.2, -0.15) is 0 Å². The van der Waals surface area contributed by atoms with Crippen molar-refractivity contribution in [3.05, 3.63) is 34.9 Å². The molecule has 0 spiro atoms. The Labute approximate surface area is 165 Å². The van der Waals surface area contributed by atoms with Gasteiger partial charge in [-0.1, -0.05) is 6.08 Å². The average Bonchev–Trinajstić information content (AvgIpc) is 2.61. The second kappa shape index (κ2) is 9.24. The Bertz CT molecular complexity index is 673. The third-order valence-electron chi connectivity index (χ3n) is 5.65. The van der Waals surface area contributed by atoms with Crippen molar-refractivity contribution >= 4 is 0 Å². The van der Waals surface area contributed by atoms with Gasteiger partial charge >= 0.3 is 0 Å². The molecule has 0 fully saturated rings. The maximum atomic E-state index is 10.6. The van der Waals surface area contributed by atoms with Crippen LogP contribution in [0.3, 0.4) is 0 Å². The molecule has 28 heavy (non-hydrogen) atoms. The predicted octanol–water partition coefficient (Wildman–Crippen LogP) is 0.928. The Balaban J connectivity index is 2.42. The first-order chi connectivity index (χ1) is 13.1. The van der Waals surface area contributed by atoms with Gasteiger partial charge < -0.3 is 35.7 Å². The SMILES string of the molecule is CC(O)CCCc1cc(O)c(C2C=C(CO)C(O)C[C@H]2C(C)(O)CO)c(O)c1. The van der Waals surface area contributed by atoms with E-state index in [9.17, 15) is 35.7 Å². The zero-order valence-electron chi connectivity index (χ0n) is 16.4. The summed E-state index contributed by atoms with van der Waals surface area (Å²) in [5.41, 5.74) is -0.310. The van der Waals surface area contributed by atoms with Crippen LogP contribution in [0.4, 0.5) is 0 Å². The van der Waals surface area contributed by atoms with E-state index in [0.29, 0.717) is 30.4 Å². The smallest absolute Gasteiger partial charge is 0.123 e. The normalized spacial score (nSPS) is 25.8. The van der Waals surface area contributed by atoms with Gasteiger partial charge in [0.05, 0.1) is 31.0 Å². The Morgan fingerprint density at radius 1 is 1.18 bits per heavy atom. The van der Waals surface area contributed by atoms with Crippen LogP contribution >= 0.6 is 0 Å². The Hall–Kier alpha value is -1.64. The van der Waals surface area contributed by atoms with Crippen molar-refractivity contribution in [2.45, 2.75) is 63.3 Å². The van der Waals surface area contributed by atoms with Crippen molar-refractivity contribution in [2.75, 3.05) is 13.2 Å². The summed E-state index contributed by atoms with van der Waals surface area (Å²) in [5, 5.41) is 70.5. The molecule has 7 nitrogen and oxygen atoms in total. The second-order valence-electron chi connectivity index (χ2n) is 8.09. The summed E-state index contributed by atoms with van der Waals surface area (Å²) in [4.78, 5) is 0. The summed E-state index contributed by atoms with van der Waals surface area (Å²) in [6.45, 7) is 2.20. The third kappa shape index (κ3) is 5.04. The van der Waals surface area contributed by atoms with Crippen molar-refractivity contribution in [1.29, 1.82) is 0 Å². The summed E-state index contributed by atoms with van der Waals surface area (Å²) >= 11 is 0. The van der Waals surface area contributed by atoms with Gasteiger partial charge in [0.2, 0.25) is 0 Å². The number of aliphatic hydroxyl groups excluding tert-OH is 4. The Morgan fingerprint density at radius 3 is 2.29 bits per heavy atom. The highest BCUT2D eigenvalue weighted by Gasteiger charge is 2.43. The van der Waals surface area contributed by atoms with Crippen LogP contribution in [0.2, 0.25) is 0 Å². The van der Waals surface area contributed by atoms with Crippen molar-refractivity contribution in [2.24, 2.45) is 5.92 Å². The maximum absolute atomic E-state index is 10.6. The van der Waals surface area contributed by atoms with Gasteiger partial charge in [0.1, 0.15) is 11.5 Å². The lowest BCUT2D eigenvalue weighted by molar-refractivity contribution is -0.0670. The van der Waals surface area contributed by atoms with Crippen LogP contribution in [0.5, 0.6) is 11.5 Å². The third-order valence-corrected chi connectivity index (χ3v) is 5.65. The number of hydrogen-bond acceptors (Lipinski definition) is 7. The van der Waals surface area contributed by atoms with Gasteiger partial charge in [0, 0.05) is 17.4 Å². The summed E-state index contributed by atoms with van der Waals surface area (Å²) < 4.78 is 0. The zero-order chi connectivity index (χ0) is 21.1. The van der Waals surface area contributed by atoms with Crippen LogP contribution in [-0.2, 0) is 6.42 Å². The summed E-state index contributed by atoms with van der Waals surface area (Å²) in [6.07, 6.45) is 2.10. The van der Waals surface area contributed by atoms with Crippen LogP contribution in [0, 0.1) is 5.92 Å². The van der Waals surface area contributed by atoms with E-state index in [-0.39, 0.29) is 30.1 Å². The highest BCUT2D eigenvalue weighted by molar-refractivity contribution is 5.51. The minimum atomic E-state index is -1.56. The number of phenols is 2. The van der Waals surface area contributed by atoms with E-state index < -0.39 is 36.3 Å². The Kier molecular flexibility index (Phi) is 7.47. The fourth-order valence-electron chi connectivity index (χ4n) is 3.96. The molecule has 7 heteroatoms. The van der Waals surface area contributed by atoms with Gasteiger partial charge in [-0.05, 0) is 62.8 Å². The predicted molar refractivity (Wildman–Crippen MR) is 104 cm³/mol. The van der Waals surface area contributed by atoms with E-state index in [1.807, 2.05) is 0 Å². The maximum Gasteiger partial charge on any atom is 0.123 e. The zero-order valence-corrected chi connectivity index (χ0v) is 16.4. The summed E-state index contributed by atoms with van der Waals surface area (Å²) in [7, 11) is 0. The number of rotatable bonds is 8. The molecule has 1 aromatic carbocycles. The molecule has 2 rings (SSSR count). The van der Waals surface area contributed by atoms with Crippen LogP contribution in [0.15, 0.2) is 23.8 Å². The first-order valence-corrected chi connectivity index (χ1v) is 9.66. The van der Waals surface area contributed by atoms with Crippen molar-refractivity contribution in [1.82, 2.24) is 0 Å². The molecular weight excluding hydrogens is 364 g/mol. The lowest BCUT2D eigenvalue weighted by Gasteiger charge is -2.41. The second-order valence-corrected chi connectivity index (χ2v) is 8.09. The van der Waals surface area contributed by atoms with E-state index in [4.69, 9.17) is 0 Å². The molecule has 7 N–H and O–H groups in total. The molecule has 0 radical (unpaired) electrons. The quantitative estimate of drug-likeness (QED) is 0.324. The topological polar surface area (TPSA) is 142 Å². The molecule has 1 aromatic rings. The van der Waals surface area contributed by atoms with Gasteiger partial charge in [-0.25, -0.2) is 0 Å².